The van der Waals surface area contributed by atoms with Gasteiger partial charge in [0.15, 0.2) is 0 Å². The molecule has 0 aliphatic rings. The van der Waals surface area contributed by atoms with Crippen molar-refractivity contribution in [2.45, 2.75) is 183 Å². The Morgan fingerprint density at radius 1 is 0.593 bits per heavy atom. The van der Waals surface area contributed by atoms with Crippen LogP contribution < -0.4 is 0 Å². The Bertz CT molecular complexity index is 1100. The van der Waals surface area contributed by atoms with E-state index in [0.29, 0.717) is 42.2 Å². The molecular formula is C46H87NO7. The van der Waals surface area contributed by atoms with Gasteiger partial charge in [-0.2, -0.15) is 0 Å². The van der Waals surface area contributed by atoms with Crippen molar-refractivity contribution < 1.29 is 33.6 Å². The molecule has 8 heteroatoms. The van der Waals surface area contributed by atoms with Crippen molar-refractivity contribution in [3.63, 3.8) is 0 Å². The minimum atomic E-state index is 0. The molecule has 0 radical (unpaired) electrons. The summed E-state index contributed by atoms with van der Waals surface area (Å²) >= 11 is 0. The van der Waals surface area contributed by atoms with Crippen molar-refractivity contribution in [1.29, 1.82) is 0 Å². The van der Waals surface area contributed by atoms with E-state index in [1.807, 2.05) is 51.1 Å². The Kier molecular flexibility index (Phi) is 51.6. The highest BCUT2D eigenvalue weighted by atomic mass is 16.2. The topological polar surface area (TPSA) is 123 Å². The molecule has 0 heterocycles. The molecule has 0 bridgehead atoms. The zero-order valence-electron chi connectivity index (χ0n) is 37.8. The second kappa shape index (κ2) is 42.5. The monoisotopic (exact) mass is 766 g/mol. The summed E-state index contributed by atoms with van der Waals surface area (Å²) in [4.78, 5) is 73.7. The second-order valence-electron chi connectivity index (χ2n) is 16.0. The maximum absolute atomic E-state index is 10.6. The summed E-state index contributed by atoms with van der Waals surface area (Å²) in [5.74, 6) is 3.54. The fraction of sp³-hybridized carbons (Fsp3) is 0.717. The Morgan fingerprint density at radius 2 is 1.00 bits per heavy atom. The lowest BCUT2D eigenvalue weighted by Crippen LogP contribution is -2.17. The molecular weight excluding hydrogens is 679 g/mol. The number of benzene rings is 1. The van der Waals surface area contributed by atoms with Gasteiger partial charge in [-0.05, 0) is 83.1 Å². The molecule has 1 atom stereocenters. The lowest BCUT2D eigenvalue weighted by Gasteiger charge is -2.14. The highest BCUT2D eigenvalue weighted by molar-refractivity contribution is 5.78. The summed E-state index contributed by atoms with van der Waals surface area (Å²) in [7, 11) is 3.45. The number of Topliss-reactive ketones (excluding diaryl/α,β-unsaturated/α-hetero) is 6. The first-order chi connectivity index (χ1) is 24.0. The molecule has 0 fully saturated rings. The van der Waals surface area contributed by atoms with Crippen molar-refractivity contribution in [2.75, 3.05) is 14.1 Å². The third kappa shape index (κ3) is 86.9. The predicted molar refractivity (Wildman–Crippen MR) is 232 cm³/mol. The SMILES string of the molecule is C.CC(=O)CC(C)(C)C.CC(=O)CC(C)C.CC(=O)CCC(C)C.CC(=O)Cc1ccccc1.CC(=O)N(C)C.CCC(C)CC(C)=O.CCCC(C)=O. The lowest BCUT2D eigenvalue weighted by molar-refractivity contribution is -0.126. The van der Waals surface area contributed by atoms with Crippen LogP contribution in [0.3, 0.4) is 0 Å². The van der Waals surface area contributed by atoms with Crippen LogP contribution >= 0.6 is 0 Å². The van der Waals surface area contributed by atoms with E-state index in [1.165, 1.54) is 11.8 Å². The van der Waals surface area contributed by atoms with Gasteiger partial charge in [-0.25, -0.2) is 0 Å². The molecule has 0 aliphatic carbocycles. The highest BCUT2D eigenvalue weighted by Crippen LogP contribution is 2.17. The quantitative estimate of drug-likeness (QED) is 0.196. The Morgan fingerprint density at radius 3 is 1.13 bits per heavy atom. The molecule has 0 spiro atoms. The van der Waals surface area contributed by atoms with Crippen LogP contribution in [0.15, 0.2) is 30.3 Å². The Balaban J connectivity index is -0.0000000959. The molecule has 1 aromatic carbocycles. The minimum absolute atomic E-state index is 0. The Hall–Kier alpha value is -3.29. The summed E-state index contributed by atoms with van der Waals surface area (Å²) in [6, 6.07) is 9.75. The van der Waals surface area contributed by atoms with Gasteiger partial charge in [-0.1, -0.05) is 113 Å². The van der Waals surface area contributed by atoms with Crippen LogP contribution in [0, 0.1) is 23.2 Å². The van der Waals surface area contributed by atoms with Gasteiger partial charge in [0.25, 0.3) is 0 Å². The van der Waals surface area contributed by atoms with Crippen LogP contribution in [-0.2, 0) is 40.0 Å². The van der Waals surface area contributed by atoms with E-state index in [4.69, 9.17) is 0 Å². The van der Waals surface area contributed by atoms with Crippen LogP contribution in [0.2, 0.25) is 0 Å². The molecule has 54 heavy (non-hydrogen) atoms. The van der Waals surface area contributed by atoms with E-state index < -0.39 is 0 Å². The summed E-state index contributed by atoms with van der Waals surface area (Å²) in [6.07, 6.45) is 7.33. The highest BCUT2D eigenvalue weighted by Gasteiger charge is 2.11. The van der Waals surface area contributed by atoms with E-state index in [0.717, 1.165) is 50.5 Å². The average molecular weight is 766 g/mol. The first kappa shape index (κ1) is 65.6. The van der Waals surface area contributed by atoms with Gasteiger partial charge >= 0.3 is 0 Å². The van der Waals surface area contributed by atoms with Crippen LogP contribution in [-0.4, -0.2) is 59.6 Å². The number of hydrogen-bond acceptors (Lipinski definition) is 7. The number of carbonyl (C=O) groups is 7. The Labute approximate surface area is 334 Å². The number of hydrogen-bond donors (Lipinski definition) is 0. The first-order valence-electron chi connectivity index (χ1n) is 19.2. The molecule has 1 aromatic rings. The standard InChI is InChI=1S/C9H10O.3C7H14O.C6H12O.C5H10O.C4H9NO.CH4/c1-8(10)7-9-5-3-2-4-6-9;1-6(8)5-7(2,3)4;1-6(2)4-5-7(3)8;1-4-6(2)5-7(3)8;1-5(2)4-6(3)7;1-3-4-5(2)6;1-4(6)5(2)3;/h2-6H,7H2,1H3;5H2,1-4H3;2*6H,4-5H2,1-3H3;5H,4H2,1-3H3;3-4H2,1-2H3;1-3H3;1H4. The molecule has 0 aromatic heterocycles. The van der Waals surface area contributed by atoms with E-state index in [-0.39, 0.29) is 41.9 Å². The maximum Gasteiger partial charge on any atom is 0.218 e. The zero-order valence-corrected chi connectivity index (χ0v) is 37.8. The van der Waals surface area contributed by atoms with Crippen LogP contribution in [0.5, 0.6) is 0 Å². The lowest BCUT2D eigenvalue weighted by atomic mass is 9.91. The van der Waals surface area contributed by atoms with Crippen LogP contribution in [0.4, 0.5) is 0 Å². The van der Waals surface area contributed by atoms with Crippen molar-refractivity contribution >= 4 is 40.6 Å². The van der Waals surface area contributed by atoms with Crippen molar-refractivity contribution in [1.82, 2.24) is 4.90 Å². The number of amides is 1. The van der Waals surface area contributed by atoms with Gasteiger partial charge in [0.1, 0.15) is 34.7 Å². The molecule has 1 rings (SSSR count). The third-order valence-electron chi connectivity index (χ3n) is 6.41. The summed E-state index contributed by atoms with van der Waals surface area (Å²) in [6.45, 7) is 32.0. The number of ketones is 6. The molecule has 0 N–H and O–H groups in total. The van der Waals surface area contributed by atoms with Crippen molar-refractivity contribution in [3.05, 3.63) is 35.9 Å². The van der Waals surface area contributed by atoms with Crippen molar-refractivity contribution in [2.24, 2.45) is 23.2 Å². The van der Waals surface area contributed by atoms with Crippen LogP contribution in [0.1, 0.15) is 182 Å². The molecule has 1 amide bonds. The molecule has 318 valence electrons. The van der Waals surface area contributed by atoms with Gasteiger partial charge in [-0.15, -0.1) is 0 Å². The summed E-state index contributed by atoms with van der Waals surface area (Å²) in [5.41, 5.74) is 1.27. The molecule has 8 nitrogen and oxygen atoms in total. The molecule has 1 unspecified atom stereocenters. The van der Waals surface area contributed by atoms with Crippen LogP contribution in [0.25, 0.3) is 0 Å². The fourth-order valence-electron chi connectivity index (χ4n) is 3.68. The number of rotatable bonds is 13. The fourth-order valence-corrected chi connectivity index (χ4v) is 3.68. The van der Waals surface area contributed by atoms with Gasteiger partial charge in [-0.3, -0.25) is 9.59 Å². The number of carbonyl (C=O) groups excluding carboxylic acids is 7. The van der Waals surface area contributed by atoms with E-state index in [1.54, 1.807) is 55.6 Å². The first-order valence-corrected chi connectivity index (χ1v) is 19.2. The van der Waals surface area contributed by atoms with E-state index in [9.17, 15) is 33.6 Å². The number of nitrogens with zero attached hydrogens (tertiary/aromatic N) is 1. The molecule has 0 saturated heterocycles. The van der Waals surface area contributed by atoms with Crippen molar-refractivity contribution in [3.8, 4) is 0 Å². The molecule has 0 aliphatic heterocycles. The van der Waals surface area contributed by atoms with Gasteiger partial charge < -0.3 is 28.9 Å². The third-order valence-corrected chi connectivity index (χ3v) is 6.41. The summed E-state index contributed by atoms with van der Waals surface area (Å²) in [5, 5.41) is 0. The van der Waals surface area contributed by atoms with E-state index >= 15 is 0 Å². The maximum atomic E-state index is 10.6. The predicted octanol–water partition coefficient (Wildman–Crippen LogP) is 11.6. The average Bonchev–Trinajstić information content (AvgIpc) is 2.96. The second-order valence-corrected chi connectivity index (χ2v) is 16.0. The van der Waals surface area contributed by atoms with Gasteiger partial charge in [0.2, 0.25) is 5.91 Å². The van der Waals surface area contributed by atoms with Gasteiger partial charge in [0.05, 0.1) is 0 Å². The van der Waals surface area contributed by atoms with E-state index in [2.05, 4.69) is 48.5 Å². The van der Waals surface area contributed by atoms with Gasteiger partial charge in [0, 0.05) is 59.5 Å². The zero-order chi connectivity index (χ0) is 43.3. The normalized spacial score (nSPS) is 9.94. The molecule has 0 saturated carbocycles. The summed E-state index contributed by atoms with van der Waals surface area (Å²) < 4.78 is 0. The smallest absolute Gasteiger partial charge is 0.218 e. The minimum Gasteiger partial charge on any atom is -0.349 e. The largest absolute Gasteiger partial charge is 0.349 e.